The molecule has 172 valence electrons. The summed E-state index contributed by atoms with van der Waals surface area (Å²) in [6.07, 6.45) is 0. The quantitative estimate of drug-likeness (QED) is 0.670. The summed E-state index contributed by atoms with van der Waals surface area (Å²) in [4.78, 5) is 14.9. The Labute approximate surface area is 189 Å². The fourth-order valence-corrected chi connectivity index (χ4v) is 8.00. The Balaban J connectivity index is 1.56. The number of anilines is 2. The zero-order valence-electron chi connectivity index (χ0n) is 18.4. The maximum Gasteiger partial charge on any atom is 0.247 e. The Bertz CT molecular complexity index is 1250. The first kappa shape index (κ1) is 22.8. The fourth-order valence-electron chi connectivity index (χ4n) is 4.28. The monoisotopic (exact) mass is 477 g/mol. The third-order valence-electron chi connectivity index (χ3n) is 5.96. The number of sulfonamides is 2. The lowest BCUT2D eigenvalue weighted by Gasteiger charge is -2.35. The van der Waals surface area contributed by atoms with Crippen LogP contribution >= 0.6 is 0 Å². The van der Waals surface area contributed by atoms with Gasteiger partial charge in [0.15, 0.2) is 0 Å². The van der Waals surface area contributed by atoms with Crippen LogP contribution in [0.15, 0.2) is 53.4 Å². The summed E-state index contributed by atoms with van der Waals surface area (Å²) >= 11 is 0. The smallest absolute Gasteiger partial charge is 0.247 e. The van der Waals surface area contributed by atoms with Crippen LogP contribution in [0.4, 0.5) is 11.4 Å². The van der Waals surface area contributed by atoms with E-state index in [9.17, 15) is 21.6 Å². The first-order valence-electron chi connectivity index (χ1n) is 10.4. The van der Waals surface area contributed by atoms with Gasteiger partial charge in [-0.05, 0) is 56.7 Å². The maximum absolute atomic E-state index is 13.3. The van der Waals surface area contributed by atoms with Gasteiger partial charge in [0.1, 0.15) is 0 Å². The van der Waals surface area contributed by atoms with E-state index in [4.69, 9.17) is 0 Å². The molecule has 2 aliphatic rings. The predicted octanol–water partition coefficient (Wildman–Crippen LogP) is 2.21. The summed E-state index contributed by atoms with van der Waals surface area (Å²) in [7, 11) is -7.55. The Kier molecular flexibility index (Phi) is 5.59. The number of nitrogens with zero attached hydrogens (tertiary/aromatic N) is 3. The minimum atomic E-state index is -3.80. The molecule has 0 aliphatic carbocycles. The SMILES string of the molecule is Cc1cc(N2C(=O)C(C)(C)CS2(=O)=O)ccc1S(=O)(=O)N1CCN(c2ccccc2)CC1. The molecular weight excluding hydrogens is 450 g/mol. The third kappa shape index (κ3) is 3.91. The fraction of sp³-hybridized carbons (Fsp3) is 0.409. The molecule has 0 radical (unpaired) electrons. The summed E-state index contributed by atoms with van der Waals surface area (Å²) in [5, 5.41) is 0. The average Bonchev–Trinajstić information content (AvgIpc) is 2.90. The highest BCUT2D eigenvalue weighted by Gasteiger charge is 2.50. The van der Waals surface area contributed by atoms with Crippen molar-refractivity contribution in [3.05, 3.63) is 54.1 Å². The van der Waals surface area contributed by atoms with E-state index >= 15 is 0 Å². The van der Waals surface area contributed by atoms with Crippen LogP contribution in [0.5, 0.6) is 0 Å². The molecule has 1 amide bonds. The molecule has 0 unspecified atom stereocenters. The van der Waals surface area contributed by atoms with Gasteiger partial charge in [-0.25, -0.2) is 21.1 Å². The molecular formula is C22H27N3O5S2. The van der Waals surface area contributed by atoms with E-state index in [0.29, 0.717) is 31.7 Å². The number of hydrogen-bond acceptors (Lipinski definition) is 6. The van der Waals surface area contributed by atoms with Crippen molar-refractivity contribution in [2.24, 2.45) is 5.41 Å². The molecule has 0 N–H and O–H groups in total. The van der Waals surface area contributed by atoms with Crippen molar-refractivity contribution in [2.45, 2.75) is 25.7 Å². The zero-order valence-corrected chi connectivity index (χ0v) is 20.0. The molecule has 8 nitrogen and oxygen atoms in total. The van der Waals surface area contributed by atoms with E-state index in [1.165, 1.54) is 22.5 Å². The minimum absolute atomic E-state index is 0.123. The molecule has 0 saturated carbocycles. The molecule has 0 spiro atoms. The van der Waals surface area contributed by atoms with Gasteiger partial charge in [-0.2, -0.15) is 4.31 Å². The Morgan fingerprint density at radius 2 is 1.53 bits per heavy atom. The van der Waals surface area contributed by atoms with Gasteiger partial charge in [0.05, 0.1) is 21.8 Å². The number of hydrogen-bond donors (Lipinski definition) is 0. The molecule has 0 aromatic heterocycles. The minimum Gasteiger partial charge on any atom is -0.369 e. The molecule has 2 heterocycles. The van der Waals surface area contributed by atoms with Crippen LogP contribution in [0, 0.1) is 12.3 Å². The Morgan fingerprint density at radius 3 is 2.06 bits per heavy atom. The number of amides is 1. The number of aryl methyl sites for hydroxylation is 1. The number of carbonyl (C=O) groups excluding carboxylic acids is 1. The number of benzene rings is 2. The van der Waals surface area contributed by atoms with E-state index < -0.39 is 31.4 Å². The molecule has 2 aromatic carbocycles. The average molecular weight is 478 g/mol. The molecule has 2 saturated heterocycles. The standard InChI is InChI=1S/C22H27N3O5S2/c1-17-15-19(25-21(26)22(2,3)16-31(25,27)28)9-10-20(17)32(29,30)24-13-11-23(12-14-24)18-7-5-4-6-8-18/h4-10,15H,11-14,16H2,1-3H3. The predicted molar refractivity (Wildman–Crippen MR) is 124 cm³/mol. The summed E-state index contributed by atoms with van der Waals surface area (Å²) in [6.45, 7) is 6.67. The van der Waals surface area contributed by atoms with Gasteiger partial charge >= 0.3 is 0 Å². The molecule has 32 heavy (non-hydrogen) atoms. The Hall–Kier alpha value is -2.43. The topological polar surface area (TPSA) is 95.1 Å². The lowest BCUT2D eigenvalue weighted by atomic mass is 9.95. The highest BCUT2D eigenvalue weighted by Crippen LogP contribution is 2.37. The van der Waals surface area contributed by atoms with E-state index in [0.717, 1.165) is 9.99 Å². The van der Waals surface area contributed by atoms with Crippen LogP contribution in [0.25, 0.3) is 0 Å². The second-order valence-corrected chi connectivity index (χ2v) is 12.6. The number of piperazine rings is 1. The molecule has 0 bridgehead atoms. The molecule has 2 aromatic rings. The van der Waals surface area contributed by atoms with Crippen molar-refractivity contribution >= 4 is 37.3 Å². The second kappa shape index (κ2) is 7.86. The van der Waals surface area contributed by atoms with Gasteiger partial charge in [-0.15, -0.1) is 0 Å². The van der Waals surface area contributed by atoms with Crippen molar-refractivity contribution in [3.63, 3.8) is 0 Å². The molecule has 10 heteroatoms. The van der Waals surface area contributed by atoms with Gasteiger partial charge in [0.25, 0.3) is 0 Å². The van der Waals surface area contributed by atoms with Crippen LogP contribution in [-0.4, -0.2) is 59.0 Å². The van der Waals surface area contributed by atoms with Crippen LogP contribution in [0.2, 0.25) is 0 Å². The molecule has 0 atom stereocenters. The van der Waals surface area contributed by atoms with Crippen molar-refractivity contribution in [1.82, 2.24) is 4.31 Å². The summed E-state index contributed by atoms with van der Waals surface area (Å²) in [6, 6.07) is 14.1. The first-order chi connectivity index (χ1) is 14.9. The number of rotatable bonds is 4. The van der Waals surface area contributed by atoms with Crippen molar-refractivity contribution in [3.8, 4) is 0 Å². The summed E-state index contributed by atoms with van der Waals surface area (Å²) in [5.41, 5.74) is 0.617. The van der Waals surface area contributed by atoms with Crippen LogP contribution in [0.1, 0.15) is 19.4 Å². The van der Waals surface area contributed by atoms with Crippen molar-refractivity contribution < 1.29 is 21.6 Å². The van der Waals surface area contributed by atoms with E-state index in [2.05, 4.69) is 4.90 Å². The van der Waals surface area contributed by atoms with Gasteiger partial charge in [-0.1, -0.05) is 18.2 Å². The summed E-state index contributed by atoms with van der Waals surface area (Å²) in [5.74, 6) is -0.784. The van der Waals surface area contributed by atoms with Gasteiger partial charge in [0.2, 0.25) is 26.0 Å². The van der Waals surface area contributed by atoms with Gasteiger partial charge < -0.3 is 4.90 Å². The first-order valence-corrected chi connectivity index (χ1v) is 13.5. The maximum atomic E-state index is 13.3. The van der Waals surface area contributed by atoms with E-state index in [1.54, 1.807) is 20.8 Å². The number of carbonyl (C=O) groups is 1. The highest BCUT2D eigenvalue weighted by atomic mass is 32.2. The normalized spacial score (nSPS) is 21.2. The van der Waals surface area contributed by atoms with Crippen LogP contribution in [-0.2, 0) is 24.8 Å². The Morgan fingerprint density at radius 1 is 0.906 bits per heavy atom. The van der Waals surface area contributed by atoms with Gasteiger partial charge in [-0.3, -0.25) is 4.79 Å². The lowest BCUT2D eigenvalue weighted by molar-refractivity contribution is -0.123. The lowest BCUT2D eigenvalue weighted by Crippen LogP contribution is -2.48. The molecule has 4 rings (SSSR count). The summed E-state index contributed by atoms with van der Waals surface area (Å²) < 4.78 is 53.9. The highest BCUT2D eigenvalue weighted by molar-refractivity contribution is 7.94. The van der Waals surface area contributed by atoms with E-state index in [1.807, 2.05) is 30.3 Å². The van der Waals surface area contributed by atoms with Crippen LogP contribution < -0.4 is 9.21 Å². The van der Waals surface area contributed by atoms with E-state index in [-0.39, 0.29) is 16.3 Å². The zero-order chi connectivity index (χ0) is 23.3. The second-order valence-electron chi connectivity index (χ2n) is 8.89. The molecule has 2 aliphatic heterocycles. The third-order valence-corrected chi connectivity index (χ3v) is 10.0. The van der Waals surface area contributed by atoms with Crippen molar-refractivity contribution in [1.29, 1.82) is 0 Å². The number of para-hydroxylation sites is 1. The van der Waals surface area contributed by atoms with Gasteiger partial charge in [0, 0.05) is 31.9 Å². The largest absolute Gasteiger partial charge is 0.369 e. The van der Waals surface area contributed by atoms with Crippen molar-refractivity contribution in [2.75, 3.05) is 41.1 Å². The molecule has 2 fully saturated rings. The van der Waals surface area contributed by atoms with Crippen LogP contribution in [0.3, 0.4) is 0 Å².